The fourth-order valence-electron chi connectivity index (χ4n) is 2.71. The Morgan fingerprint density at radius 3 is 2.72 bits per heavy atom. The quantitative estimate of drug-likeness (QED) is 0.614. The molecular formula is C18H13N3O3S. The summed E-state index contributed by atoms with van der Waals surface area (Å²) in [6.07, 6.45) is 2.71. The number of carbonyl (C=O) groups excluding carboxylic acids is 1. The second-order valence-corrected chi connectivity index (χ2v) is 6.62. The van der Waals surface area contributed by atoms with Crippen molar-refractivity contribution in [3.05, 3.63) is 76.0 Å². The molecular weight excluding hydrogens is 338 g/mol. The van der Waals surface area contributed by atoms with Crippen LogP contribution >= 0.6 is 11.3 Å². The Kier molecular flexibility index (Phi) is 3.70. The van der Waals surface area contributed by atoms with Gasteiger partial charge < -0.3 is 4.42 Å². The van der Waals surface area contributed by atoms with Crippen molar-refractivity contribution in [2.24, 2.45) is 0 Å². The zero-order valence-corrected chi connectivity index (χ0v) is 14.0. The summed E-state index contributed by atoms with van der Waals surface area (Å²) in [6.45, 7) is 1.96. The van der Waals surface area contributed by atoms with E-state index in [0.29, 0.717) is 10.2 Å². The van der Waals surface area contributed by atoms with Gasteiger partial charge in [-0.25, -0.2) is 9.66 Å². The lowest BCUT2D eigenvalue weighted by Crippen LogP contribution is -2.33. The monoisotopic (exact) mass is 351 g/mol. The summed E-state index contributed by atoms with van der Waals surface area (Å²) in [5.74, 6) is -0.391. The third-order valence-electron chi connectivity index (χ3n) is 3.82. The number of thiophene rings is 1. The van der Waals surface area contributed by atoms with E-state index in [2.05, 4.69) is 10.4 Å². The number of amides is 1. The van der Waals surface area contributed by atoms with Gasteiger partial charge in [0.1, 0.15) is 11.2 Å². The molecule has 3 heterocycles. The lowest BCUT2D eigenvalue weighted by atomic mass is 10.0. The predicted molar refractivity (Wildman–Crippen MR) is 96.5 cm³/mol. The van der Waals surface area contributed by atoms with E-state index in [0.717, 1.165) is 20.7 Å². The highest BCUT2D eigenvalue weighted by Gasteiger charge is 2.18. The average molecular weight is 351 g/mol. The van der Waals surface area contributed by atoms with E-state index < -0.39 is 5.91 Å². The summed E-state index contributed by atoms with van der Waals surface area (Å²) < 4.78 is 6.14. The van der Waals surface area contributed by atoms with Crippen molar-refractivity contribution >= 4 is 27.5 Å². The fraction of sp³-hybridized carbons (Fsp3) is 0.0556. The summed E-state index contributed by atoms with van der Waals surface area (Å²) in [5.41, 5.74) is 3.97. The molecule has 7 heteroatoms. The second-order valence-electron chi connectivity index (χ2n) is 5.42. The molecule has 1 amide bonds. The highest BCUT2D eigenvalue weighted by atomic mass is 32.1. The Bertz CT molecular complexity index is 1110. The van der Waals surface area contributed by atoms with Crippen molar-refractivity contribution in [3.63, 3.8) is 0 Å². The van der Waals surface area contributed by atoms with Gasteiger partial charge >= 0.3 is 5.91 Å². The van der Waals surface area contributed by atoms with Crippen molar-refractivity contribution in [2.45, 2.75) is 6.92 Å². The Balaban J connectivity index is 1.85. The standard InChI is InChI=1S/C18H13N3O3S/c1-11-14(12-6-3-2-4-7-12)15-17(25-11)19-10-21(18(15)23)20-16(22)13-8-5-9-24-13/h2-10H,1H3,(H,20,22). The first kappa shape index (κ1) is 15.3. The Hall–Kier alpha value is -3.19. The average Bonchev–Trinajstić information content (AvgIpc) is 3.26. The van der Waals surface area contributed by atoms with Gasteiger partial charge in [-0.2, -0.15) is 0 Å². The number of benzene rings is 1. The molecule has 0 spiro atoms. The number of hydrogen-bond acceptors (Lipinski definition) is 5. The van der Waals surface area contributed by atoms with Gasteiger partial charge in [0.05, 0.1) is 11.6 Å². The van der Waals surface area contributed by atoms with Crippen molar-refractivity contribution in [1.29, 1.82) is 0 Å². The van der Waals surface area contributed by atoms with E-state index in [9.17, 15) is 9.59 Å². The lowest BCUT2D eigenvalue weighted by Gasteiger charge is -2.07. The number of nitrogens with zero attached hydrogens (tertiary/aromatic N) is 2. The third-order valence-corrected chi connectivity index (χ3v) is 4.83. The topological polar surface area (TPSA) is 77.1 Å². The molecule has 0 radical (unpaired) electrons. The van der Waals surface area contributed by atoms with Crippen LogP contribution in [0, 0.1) is 6.92 Å². The Morgan fingerprint density at radius 1 is 1.20 bits per heavy atom. The molecule has 0 aliphatic heterocycles. The summed E-state index contributed by atoms with van der Waals surface area (Å²) in [6, 6.07) is 12.8. The van der Waals surface area contributed by atoms with Crippen LogP contribution in [0.3, 0.4) is 0 Å². The molecule has 1 aromatic carbocycles. The SMILES string of the molecule is Cc1sc2ncn(NC(=O)c3ccco3)c(=O)c2c1-c1ccccc1. The van der Waals surface area contributed by atoms with Crippen molar-refractivity contribution < 1.29 is 9.21 Å². The highest BCUT2D eigenvalue weighted by molar-refractivity contribution is 7.19. The minimum Gasteiger partial charge on any atom is -0.459 e. The molecule has 0 saturated heterocycles. The summed E-state index contributed by atoms with van der Waals surface area (Å²) in [5, 5.41) is 0.496. The predicted octanol–water partition coefficient (Wildman–Crippen LogP) is 3.41. The van der Waals surface area contributed by atoms with E-state index in [1.165, 1.54) is 30.0 Å². The van der Waals surface area contributed by atoms with Crippen LogP contribution in [0.2, 0.25) is 0 Å². The van der Waals surface area contributed by atoms with Gasteiger partial charge in [0.25, 0.3) is 5.56 Å². The molecule has 124 valence electrons. The van der Waals surface area contributed by atoms with Crippen LogP contribution in [-0.4, -0.2) is 15.6 Å². The van der Waals surface area contributed by atoms with E-state index in [1.54, 1.807) is 6.07 Å². The van der Waals surface area contributed by atoms with Crippen molar-refractivity contribution in [1.82, 2.24) is 9.66 Å². The zero-order valence-electron chi connectivity index (χ0n) is 13.2. The van der Waals surface area contributed by atoms with Crippen molar-refractivity contribution in [2.75, 3.05) is 5.43 Å². The van der Waals surface area contributed by atoms with Crippen LogP contribution in [0.4, 0.5) is 0 Å². The van der Waals surface area contributed by atoms with Gasteiger partial charge in [0.2, 0.25) is 0 Å². The van der Waals surface area contributed by atoms with E-state index >= 15 is 0 Å². The first-order valence-corrected chi connectivity index (χ1v) is 8.38. The summed E-state index contributed by atoms with van der Waals surface area (Å²) in [4.78, 5) is 31.0. The van der Waals surface area contributed by atoms with Gasteiger partial charge in [0.15, 0.2) is 5.76 Å². The van der Waals surface area contributed by atoms with Crippen LogP contribution in [0.1, 0.15) is 15.4 Å². The largest absolute Gasteiger partial charge is 0.459 e. The molecule has 4 aromatic rings. The first-order valence-electron chi connectivity index (χ1n) is 7.56. The molecule has 3 aromatic heterocycles. The Morgan fingerprint density at radius 2 is 2.00 bits per heavy atom. The van der Waals surface area contributed by atoms with E-state index in [-0.39, 0.29) is 11.3 Å². The molecule has 1 N–H and O–H groups in total. The molecule has 0 bridgehead atoms. The molecule has 0 fully saturated rings. The van der Waals surface area contributed by atoms with Crippen LogP contribution < -0.4 is 11.0 Å². The second kappa shape index (κ2) is 6.03. The molecule has 4 rings (SSSR count). The smallest absolute Gasteiger partial charge is 0.305 e. The van der Waals surface area contributed by atoms with Crippen LogP contribution in [0.5, 0.6) is 0 Å². The minimum absolute atomic E-state index is 0.122. The zero-order chi connectivity index (χ0) is 17.4. The van der Waals surface area contributed by atoms with Crippen molar-refractivity contribution in [3.8, 4) is 11.1 Å². The molecule has 0 aliphatic carbocycles. The number of furan rings is 1. The van der Waals surface area contributed by atoms with Gasteiger partial charge in [0, 0.05) is 10.4 Å². The molecule has 0 atom stereocenters. The van der Waals surface area contributed by atoms with E-state index in [4.69, 9.17) is 4.42 Å². The van der Waals surface area contributed by atoms with Gasteiger partial charge in [-0.05, 0) is 24.6 Å². The first-order chi connectivity index (χ1) is 12.1. The van der Waals surface area contributed by atoms with Crippen LogP contribution in [0.25, 0.3) is 21.3 Å². The maximum atomic E-state index is 12.9. The number of carbonyl (C=O) groups is 1. The number of rotatable bonds is 3. The highest BCUT2D eigenvalue weighted by Crippen LogP contribution is 2.35. The normalized spacial score (nSPS) is 10.9. The maximum Gasteiger partial charge on any atom is 0.305 e. The molecule has 6 nitrogen and oxygen atoms in total. The van der Waals surface area contributed by atoms with Gasteiger partial charge in [-0.1, -0.05) is 30.3 Å². The molecule has 0 aliphatic rings. The Labute approximate surface area is 146 Å². The minimum atomic E-state index is -0.513. The van der Waals surface area contributed by atoms with E-state index in [1.807, 2.05) is 37.3 Å². The van der Waals surface area contributed by atoms with Gasteiger partial charge in [-0.15, -0.1) is 11.3 Å². The summed E-state index contributed by atoms with van der Waals surface area (Å²) in [7, 11) is 0. The molecule has 25 heavy (non-hydrogen) atoms. The number of hydrogen-bond donors (Lipinski definition) is 1. The van der Waals surface area contributed by atoms with Crippen LogP contribution in [0.15, 0.2) is 64.3 Å². The number of fused-ring (bicyclic) bond motifs is 1. The molecule has 0 unspecified atom stereocenters. The number of aromatic nitrogens is 2. The summed E-state index contributed by atoms with van der Waals surface area (Å²) >= 11 is 1.46. The lowest BCUT2D eigenvalue weighted by molar-refractivity contribution is 0.0980. The van der Waals surface area contributed by atoms with Crippen LogP contribution in [-0.2, 0) is 0 Å². The molecule has 0 saturated carbocycles. The number of aryl methyl sites for hydroxylation is 1. The third kappa shape index (κ3) is 2.64. The number of nitrogens with one attached hydrogen (secondary N) is 1. The maximum absolute atomic E-state index is 12.9. The van der Waals surface area contributed by atoms with Gasteiger partial charge in [-0.3, -0.25) is 15.0 Å². The fourth-order valence-corrected chi connectivity index (χ4v) is 3.71.